The highest BCUT2D eigenvalue weighted by Crippen LogP contribution is 2.34. The summed E-state index contributed by atoms with van der Waals surface area (Å²) < 4.78 is 26.6. The Morgan fingerprint density at radius 3 is 2.34 bits per heavy atom. The zero-order valence-electron chi connectivity index (χ0n) is 17.0. The van der Waals surface area contributed by atoms with Gasteiger partial charge in [-0.2, -0.15) is 8.78 Å². The molecular weight excluding hydrogens is 437 g/mol. The van der Waals surface area contributed by atoms with Gasteiger partial charge < -0.3 is 16.8 Å². The molecule has 5 N–H and O–H groups in total. The molecule has 0 saturated heterocycles. The summed E-state index contributed by atoms with van der Waals surface area (Å²) in [6, 6.07) is 10.7. The molecule has 1 unspecified atom stereocenters. The summed E-state index contributed by atoms with van der Waals surface area (Å²) >= 11 is 0. The molecule has 2 atom stereocenters. The summed E-state index contributed by atoms with van der Waals surface area (Å²) in [7, 11) is 1.48. The van der Waals surface area contributed by atoms with E-state index in [9.17, 15) is 18.4 Å². The second kappa shape index (κ2) is 9.32. The van der Waals surface area contributed by atoms with E-state index in [0.29, 0.717) is 17.7 Å². The number of nitrogens with one attached hydrogen (secondary N) is 1. The molecule has 32 heavy (non-hydrogen) atoms. The molecule has 0 saturated carbocycles. The fraction of sp³-hybridized carbons (Fsp3) is 0.190. The van der Waals surface area contributed by atoms with E-state index in [1.165, 1.54) is 21.4 Å². The van der Waals surface area contributed by atoms with Crippen molar-refractivity contribution in [3.05, 3.63) is 71.2 Å². The Labute approximate surface area is 185 Å². The molecule has 0 fully saturated rings. The van der Waals surface area contributed by atoms with E-state index in [-0.39, 0.29) is 22.9 Å². The van der Waals surface area contributed by atoms with Crippen LogP contribution in [0, 0.1) is 0 Å². The molecule has 0 aliphatic heterocycles. The van der Waals surface area contributed by atoms with Crippen LogP contribution in [0.5, 0.6) is 0 Å². The van der Waals surface area contributed by atoms with Gasteiger partial charge in [-0.25, -0.2) is 9.97 Å². The molecule has 2 aromatic heterocycles. The number of hydrogen-bond acceptors (Lipinski definition) is 6. The number of halogens is 2. The van der Waals surface area contributed by atoms with Crippen molar-refractivity contribution in [3.63, 3.8) is 0 Å². The molecule has 0 spiro atoms. The van der Waals surface area contributed by atoms with E-state index >= 15 is 0 Å². The number of carbonyl (C=O) groups excluding carboxylic acids is 2. The van der Waals surface area contributed by atoms with Crippen molar-refractivity contribution in [1.29, 1.82) is 0 Å². The highest BCUT2D eigenvalue weighted by molar-refractivity contribution is 7.17. The van der Waals surface area contributed by atoms with Crippen LogP contribution < -0.4 is 16.8 Å². The zero-order chi connectivity index (χ0) is 23.5. The number of alkyl halides is 2. The second-order valence-corrected chi connectivity index (χ2v) is 7.85. The van der Waals surface area contributed by atoms with Gasteiger partial charge in [0.2, 0.25) is 5.91 Å². The topological polar surface area (TPSA) is 137 Å². The van der Waals surface area contributed by atoms with E-state index in [1.807, 2.05) is 12.1 Å². The number of primary amides is 2. The largest absolute Gasteiger partial charge is 0.368 e. The average molecular weight is 458 g/mol. The molecule has 8 nitrogen and oxygen atoms in total. The summed E-state index contributed by atoms with van der Waals surface area (Å²) in [5, 5.41) is 2.81. The first kappa shape index (κ1) is 23.1. The van der Waals surface area contributed by atoms with Crippen LogP contribution in [-0.2, 0) is 16.9 Å². The fourth-order valence-corrected chi connectivity index (χ4v) is 2.95. The first-order valence-electron chi connectivity index (χ1n) is 9.49. The maximum absolute atomic E-state index is 13.3. The van der Waals surface area contributed by atoms with Gasteiger partial charge in [-0.05, 0) is 24.6 Å². The normalized spacial score (nSPS) is 12.2. The SMILES string of the molecule is C[C@H](Nc1cc(C(N)=O)nc(-c2ccc(Cc3ccc(C(F)(F)P)cn3)cc2)n1)C(N)=O. The highest BCUT2D eigenvalue weighted by Gasteiger charge is 2.24. The molecule has 2 amide bonds. The van der Waals surface area contributed by atoms with E-state index in [4.69, 9.17) is 11.5 Å². The van der Waals surface area contributed by atoms with E-state index in [1.54, 1.807) is 25.1 Å². The van der Waals surface area contributed by atoms with Gasteiger partial charge in [-0.3, -0.25) is 14.6 Å². The van der Waals surface area contributed by atoms with Crippen molar-refractivity contribution in [3.8, 4) is 11.4 Å². The van der Waals surface area contributed by atoms with Crippen LogP contribution in [-0.4, -0.2) is 32.8 Å². The first-order valence-corrected chi connectivity index (χ1v) is 10.1. The lowest BCUT2D eigenvalue weighted by Crippen LogP contribution is -2.33. The summed E-state index contributed by atoms with van der Waals surface area (Å²) in [6.45, 7) is 1.56. The van der Waals surface area contributed by atoms with Gasteiger partial charge in [-0.15, -0.1) is 0 Å². The molecule has 0 aliphatic carbocycles. The minimum Gasteiger partial charge on any atom is -0.368 e. The summed E-state index contributed by atoms with van der Waals surface area (Å²) in [5.74, 6) is -0.865. The Morgan fingerprint density at radius 2 is 1.81 bits per heavy atom. The smallest absolute Gasteiger partial charge is 0.285 e. The minimum absolute atomic E-state index is 0.0200. The first-order chi connectivity index (χ1) is 15.0. The number of benzene rings is 1. The predicted octanol–water partition coefficient (Wildman–Crippen LogP) is 2.44. The Bertz CT molecular complexity index is 1130. The van der Waals surface area contributed by atoms with Crippen LogP contribution in [0.1, 0.15) is 34.2 Å². The molecule has 0 aliphatic rings. The number of nitrogens with two attached hydrogens (primary N) is 2. The van der Waals surface area contributed by atoms with Gasteiger partial charge in [0.05, 0.1) is 0 Å². The Kier molecular flexibility index (Phi) is 6.74. The molecule has 0 bridgehead atoms. The fourth-order valence-electron chi connectivity index (χ4n) is 2.78. The Hall–Kier alpha value is -3.52. The number of pyridine rings is 1. The Balaban J connectivity index is 1.82. The summed E-state index contributed by atoms with van der Waals surface area (Å²) in [5.41, 5.74) is 9.54. The molecular formula is C21H21F2N6O2P. The van der Waals surface area contributed by atoms with Crippen LogP contribution in [0.2, 0.25) is 0 Å². The van der Waals surface area contributed by atoms with Crippen molar-refractivity contribution in [2.24, 2.45) is 11.5 Å². The third-order valence-electron chi connectivity index (χ3n) is 4.58. The maximum atomic E-state index is 13.3. The van der Waals surface area contributed by atoms with E-state index in [2.05, 4.69) is 20.3 Å². The number of anilines is 1. The standard InChI is InChI=1S/C21H21F2N6O2P/c1-11(18(24)30)27-17-9-16(19(25)31)28-20(29-17)13-4-2-12(3-5-13)8-15-7-6-14(10-26-15)21(22,23)32/h2-7,9-11H,8,32H2,1H3,(H2,24,30)(H2,25,31)(H,27,28,29)/t11-/m0/s1. The van der Waals surface area contributed by atoms with Crippen molar-refractivity contribution in [2.75, 3.05) is 5.32 Å². The van der Waals surface area contributed by atoms with E-state index < -0.39 is 23.5 Å². The molecule has 3 rings (SSSR count). The van der Waals surface area contributed by atoms with Crippen LogP contribution >= 0.6 is 9.24 Å². The monoisotopic (exact) mass is 458 g/mol. The van der Waals surface area contributed by atoms with Gasteiger partial charge >= 0.3 is 0 Å². The number of hydrogen-bond donors (Lipinski definition) is 3. The van der Waals surface area contributed by atoms with Crippen LogP contribution in [0.3, 0.4) is 0 Å². The Morgan fingerprint density at radius 1 is 1.12 bits per heavy atom. The maximum Gasteiger partial charge on any atom is 0.285 e. The zero-order valence-corrected chi connectivity index (χ0v) is 18.2. The van der Waals surface area contributed by atoms with Gasteiger partial charge in [0.1, 0.15) is 17.6 Å². The highest BCUT2D eigenvalue weighted by atomic mass is 31.0. The van der Waals surface area contributed by atoms with Crippen LogP contribution in [0.25, 0.3) is 11.4 Å². The number of carbonyl (C=O) groups is 2. The molecule has 166 valence electrons. The van der Waals surface area contributed by atoms with Gasteiger partial charge in [0, 0.05) is 35.5 Å². The van der Waals surface area contributed by atoms with Crippen molar-refractivity contribution in [2.45, 2.75) is 25.1 Å². The van der Waals surface area contributed by atoms with Gasteiger partial charge in [0.15, 0.2) is 5.82 Å². The molecule has 0 radical (unpaired) electrons. The molecule has 2 heterocycles. The van der Waals surface area contributed by atoms with Crippen molar-refractivity contribution in [1.82, 2.24) is 15.0 Å². The molecule has 1 aromatic carbocycles. The minimum atomic E-state index is -3.02. The number of amides is 2. The van der Waals surface area contributed by atoms with E-state index in [0.717, 1.165) is 11.8 Å². The van der Waals surface area contributed by atoms with Gasteiger partial charge in [0.25, 0.3) is 11.6 Å². The number of rotatable bonds is 8. The van der Waals surface area contributed by atoms with Crippen molar-refractivity contribution >= 4 is 26.9 Å². The molecule has 11 heteroatoms. The number of aromatic nitrogens is 3. The third-order valence-corrected chi connectivity index (χ3v) is 4.91. The summed E-state index contributed by atoms with van der Waals surface area (Å²) in [4.78, 5) is 35.6. The average Bonchev–Trinajstić information content (AvgIpc) is 2.73. The van der Waals surface area contributed by atoms with Crippen LogP contribution in [0.15, 0.2) is 48.7 Å². The van der Waals surface area contributed by atoms with Crippen LogP contribution in [0.4, 0.5) is 14.6 Å². The van der Waals surface area contributed by atoms with Gasteiger partial charge in [-0.1, -0.05) is 33.5 Å². The number of nitrogens with zero attached hydrogens (tertiary/aromatic N) is 3. The molecule has 3 aromatic rings. The third kappa shape index (κ3) is 5.79. The lowest BCUT2D eigenvalue weighted by molar-refractivity contribution is -0.118. The quantitative estimate of drug-likeness (QED) is 0.444. The second-order valence-electron chi connectivity index (χ2n) is 7.13. The summed E-state index contributed by atoms with van der Waals surface area (Å²) in [6.07, 6.45) is 1.59. The lowest BCUT2D eigenvalue weighted by Gasteiger charge is -2.13. The lowest BCUT2D eigenvalue weighted by atomic mass is 10.1. The predicted molar refractivity (Wildman–Crippen MR) is 119 cm³/mol. The van der Waals surface area contributed by atoms with Crippen molar-refractivity contribution < 1.29 is 18.4 Å².